The van der Waals surface area contributed by atoms with Gasteiger partial charge in [0.05, 0.1) is 12.4 Å². The predicted octanol–water partition coefficient (Wildman–Crippen LogP) is 0.870. The van der Waals surface area contributed by atoms with Gasteiger partial charge in [0.1, 0.15) is 0 Å². The van der Waals surface area contributed by atoms with Gasteiger partial charge in [0.15, 0.2) is 0 Å². The first kappa shape index (κ1) is 16.0. The van der Waals surface area contributed by atoms with Gasteiger partial charge in [-0.05, 0) is 13.8 Å². The highest BCUT2D eigenvalue weighted by Crippen LogP contribution is 2.24. The van der Waals surface area contributed by atoms with Crippen LogP contribution in [0.3, 0.4) is 0 Å². The van der Waals surface area contributed by atoms with Crippen LogP contribution in [0.5, 0.6) is 0 Å². The van der Waals surface area contributed by atoms with Gasteiger partial charge >= 0.3 is 5.97 Å². The topological polar surface area (TPSA) is 80.8 Å². The molecule has 0 aromatic heterocycles. The second-order valence-corrected chi connectivity index (χ2v) is 7.14. The monoisotopic (exact) mass is 309 g/mol. The Labute approximate surface area is 116 Å². The molecule has 0 radical (unpaired) electrons. The SMILES string of the molecule is CCOC(=O)C=C(C)N1CC(CS(=O)(=O)Cl)CC1=O. The summed E-state index contributed by atoms with van der Waals surface area (Å²) in [5, 5.41) is 0. The first-order chi connectivity index (χ1) is 8.73. The minimum Gasteiger partial charge on any atom is -0.463 e. The van der Waals surface area contributed by atoms with E-state index in [1.807, 2.05) is 0 Å². The fourth-order valence-electron chi connectivity index (χ4n) is 1.95. The Morgan fingerprint density at radius 3 is 2.74 bits per heavy atom. The molecule has 0 aromatic carbocycles. The van der Waals surface area contributed by atoms with Crippen LogP contribution in [-0.2, 0) is 23.4 Å². The van der Waals surface area contributed by atoms with Gasteiger partial charge in [0.2, 0.25) is 15.0 Å². The molecule has 1 unspecified atom stereocenters. The predicted molar refractivity (Wildman–Crippen MR) is 69.8 cm³/mol. The average molecular weight is 310 g/mol. The third-order valence-electron chi connectivity index (χ3n) is 2.68. The van der Waals surface area contributed by atoms with Crippen LogP contribution in [0.2, 0.25) is 0 Å². The third-order valence-corrected chi connectivity index (χ3v) is 3.93. The van der Waals surface area contributed by atoms with E-state index >= 15 is 0 Å². The number of rotatable bonds is 5. The summed E-state index contributed by atoms with van der Waals surface area (Å²) in [6.07, 6.45) is 1.33. The molecule has 1 atom stereocenters. The fourth-order valence-corrected chi connectivity index (χ4v) is 3.27. The van der Waals surface area contributed by atoms with E-state index in [1.165, 1.54) is 11.0 Å². The molecule has 6 nitrogen and oxygen atoms in total. The summed E-state index contributed by atoms with van der Waals surface area (Å²) in [4.78, 5) is 24.4. The van der Waals surface area contributed by atoms with E-state index in [0.717, 1.165) is 0 Å². The summed E-state index contributed by atoms with van der Waals surface area (Å²) in [5.74, 6) is -1.34. The van der Waals surface area contributed by atoms with E-state index in [9.17, 15) is 18.0 Å². The highest BCUT2D eigenvalue weighted by atomic mass is 35.7. The van der Waals surface area contributed by atoms with E-state index < -0.39 is 15.0 Å². The number of nitrogens with zero attached hydrogens (tertiary/aromatic N) is 1. The molecule has 0 N–H and O–H groups in total. The zero-order valence-corrected chi connectivity index (χ0v) is 12.3. The average Bonchev–Trinajstić information content (AvgIpc) is 2.56. The molecule has 0 spiro atoms. The molecule has 19 heavy (non-hydrogen) atoms. The molecule has 0 aliphatic carbocycles. The molecule has 1 fully saturated rings. The van der Waals surface area contributed by atoms with Gasteiger partial charge in [0.25, 0.3) is 0 Å². The van der Waals surface area contributed by atoms with Gasteiger partial charge < -0.3 is 9.64 Å². The van der Waals surface area contributed by atoms with Gasteiger partial charge in [-0.1, -0.05) is 0 Å². The molecule has 1 saturated heterocycles. The van der Waals surface area contributed by atoms with Crippen molar-refractivity contribution in [2.45, 2.75) is 20.3 Å². The summed E-state index contributed by atoms with van der Waals surface area (Å²) in [6, 6.07) is 0. The number of likely N-dealkylation sites (tertiary alicyclic amines) is 1. The second kappa shape index (κ2) is 6.38. The number of esters is 1. The Balaban J connectivity index is 2.70. The number of allylic oxidation sites excluding steroid dienone is 1. The number of carbonyl (C=O) groups excluding carboxylic acids is 2. The van der Waals surface area contributed by atoms with Crippen LogP contribution in [0.1, 0.15) is 20.3 Å². The lowest BCUT2D eigenvalue weighted by Gasteiger charge is -2.16. The zero-order valence-electron chi connectivity index (χ0n) is 10.8. The van der Waals surface area contributed by atoms with Crippen molar-refractivity contribution < 1.29 is 22.7 Å². The van der Waals surface area contributed by atoms with Gasteiger partial charge in [-0.25, -0.2) is 13.2 Å². The van der Waals surface area contributed by atoms with Crippen LogP contribution >= 0.6 is 10.7 Å². The minimum atomic E-state index is -3.63. The second-order valence-electron chi connectivity index (χ2n) is 4.32. The molecule has 1 aliphatic heterocycles. The number of carbonyl (C=O) groups is 2. The summed E-state index contributed by atoms with van der Waals surface area (Å²) < 4.78 is 26.7. The summed E-state index contributed by atoms with van der Waals surface area (Å²) in [7, 11) is 1.54. The molecule has 0 saturated carbocycles. The van der Waals surface area contributed by atoms with E-state index in [0.29, 0.717) is 5.70 Å². The lowest BCUT2D eigenvalue weighted by Crippen LogP contribution is -2.24. The Bertz CT molecular complexity index is 499. The van der Waals surface area contributed by atoms with Crippen molar-refractivity contribution in [2.75, 3.05) is 18.9 Å². The summed E-state index contributed by atoms with van der Waals surface area (Å²) in [5.41, 5.74) is 0.443. The zero-order chi connectivity index (χ0) is 14.6. The minimum absolute atomic E-state index is 0.111. The Kier molecular flexibility index (Phi) is 5.37. The molecule has 1 amide bonds. The molecule has 108 valence electrons. The standard InChI is InChI=1S/C11H16ClNO5S/c1-3-18-11(15)4-8(2)13-6-9(5-10(13)14)7-19(12,16)17/h4,9H,3,5-7H2,1-2H3. The third kappa shape index (κ3) is 5.20. The molecular formula is C11H16ClNO5S. The molecule has 1 aliphatic rings. The lowest BCUT2D eigenvalue weighted by molar-refractivity contribution is -0.137. The Morgan fingerprint density at radius 2 is 2.21 bits per heavy atom. The lowest BCUT2D eigenvalue weighted by atomic mass is 10.1. The van der Waals surface area contributed by atoms with Gasteiger partial charge in [-0.3, -0.25) is 4.79 Å². The fraction of sp³-hybridized carbons (Fsp3) is 0.636. The van der Waals surface area contributed by atoms with E-state index in [2.05, 4.69) is 0 Å². The summed E-state index contributed by atoms with van der Waals surface area (Å²) >= 11 is 0. The van der Waals surface area contributed by atoms with Crippen LogP contribution in [0.4, 0.5) is 0 Å². The van der Waals surface area contributed by atoms with Gasteiger partial charge in [0, 0.05) is 41.3 Å². The van der Waals surface area contributed by atoms with Crippen LogP contribution in [-0.4, -0.2) is 44.1 Å². The number of hydrogen-bond donors (Lipinski definition) is 0. The largest absolute Gasteiger partial charge is 0.463 e. The smallest absolute Gasteiger partial charge is 0.332 e. The number of amides is 1. The van der Waals surface area contributed by atoms with Crippen molar-refractivity contribution >= 4 is 31.6 Å². The summed E-state index contributed by atoms with van der Waals surface area (Å²) in [6.45, 7) is 3.78. The van der Waals surface area contributed by atoms with Crippen molar-refractivity contribution in [3.8, 4) is 0 Å². The highest BCUT2D eigenvalue weighted by Gasteiger charge is 2.33. The quantitative estimate of drug-likeness (QED) is 0.427. The van der Waals surface area contributed by atoms with Crippen LogP contribution in [0.15, 0.2) is 11.8 Å². The normalized spacial score (nSPS) is 20.8. The highest BCUT2D eigenvalue weighted by molar-refractivity contribution is 8.13. The van der Waals surface area contributed by atoms with Crippen molar-refractivity contribution in [3.63, 3.8) is 0 Å². The van der Waals surface area contributed by atoms with E-state index in [-0.39, 0.29) is 37.2 Å². The molecule has 1 rings (SSSR count). The van der Waals surface area contributed by atoms with Crippen molar-refractivity contribution in [1.82, 2.24) is 4.90 Å². The van der Waals surface area contributed by atoms with E-state index in [1.54, 1.807) is 13.8 Å². The maximum atomic E-state index is 11.7. The van der Waals surface area contributed by atoms with Crippen molar-refractivity contribution in [1.29, 1.82) is 0 Å². The Morgan fingerprint density at radius 1 is 1.58 bits per heavy atom. The van der Waals surface area contributed by atoms with Crippen LogP contribution in [0, 0.1) is 5.92 Å². The Hall–Kier alpha value is -1.08. The van der Waals surface area contributed by atoms with Crippen LogP contribution in [0.25, 0.3) is 0 Å². The number of halogens is 1. The maximum Gasteiger partial charge on any atom is 0.332 e. The van der Waals surface area contributed by atoms with Crippen molar-refractivity contribution in [3.05, 3.63) is 11.8 Å². The molecule has 8 heteroatoms. The first-order valence-electron chi connectivity index (χ1n) is 5.80. The first-order valence-corrected chi connectivity index (χ1v) is 8.28. The molecule has 0 aromatic rings. The number of ether oxygens (including phenoxy) is 1. The molecule has 1 heterocycles. The maximum absolute atomic E-state index is 11.7. The molecule has 0 bridgehead atoms. The van der Waals surface area contributed by atoms with Crippen molar-refractivity contribution in [2.24, 2.45) is 5.92 Å². The van der Waals surface area contributed by atoms with E-state index in [4.69, 9.17) is 15.4 Å². The number of hydrogen-bond acceptors (Lipinski definition) is 5. The van der Waals surface area contributed by atoms with Gasteiger partial charge in [-0.15, -0.1) is 0 Å². The molecular weight excluding hydrogens is 294 g/mol. The van der Waals surface area contributed by atoms with Gasteiger partial charge in [-0.2, -0.15) is 0 Å². The van der Waals surface area contributed by atoms with Crippen LogP contribution < -0.4 is 0 Å².